The lowest BCUT2D eigenvalue weighted by atomic mass is 9.97. The van der Waals surface area contributed by atoms with Gasteiger partial charge in [-0.2, -0.15) is 5.26 Å². The molecule has 0 spiro atoms. The molecule has 0 unspecified atom stereocenters. The van der Waals surface area contributed by atoms with E-state index in [1.807, 2.05) is 61.5 Å². The number of pyridine rings is 1. The van der Waals surface area contributed by atoms with Crippen molar-refractivity contribution in [2.75, 3.05) is 12.3 Å². The Hall–Kier alpha value is -3.32. The topological polar surface area (TPSA) is 71.9 Å². The number of nitriles is 1. The molecule has 0 amide bonds. The predicted molar refractivity (Wildman–Crippen MR) is 123 cm³/mol. The molecule has 4 nitrogen and oxygen atoms in total. The molecular weight excluding hydrogens is 370 g/mol. The zero-order chi connectivity index (χ0) is 21.3. The Morgan fingerprint density at radius 2 is 1.70 bits per heavy atom. The van der Waals surface area contributed by atoms with Gasteiger partial charge in [-0.05, 0) is 42.7 Å². The van der Waals surface area contributed by atoms with Crippen LogP contribution in [-0.4, -0.2) is 11.6 Å². The van der Waals surface area contributed by atoms with Crippen LogP contribution in [0.3, 0.4) is 0 Å². The second-order valence-electron chi connectivity index (χ2n) is 7.53. The molecule has 0 aliphatic rings. The van der Waals surface area contributed by atoms with Crippen molar-refractivity contribution in [2.45, 2.75) is 46.0 Å². The molecule has 0 aliphatic heterocycles. The van der Waals surface area contributed by atoms with Crippen molar-refractivity contribution >= 4 is 5.82 Å². The second kappa shape index (κ2) is 10.5. The highest BCUT2D eigenvalue weighted by Crippen LogP contribution is 2.33. The maximum Gasteiger partial charge on any atom is 0.142 e. The zero-order valence-electron chi connectivity index (χ0n) is 17.8. The van der Waals surface area contributed by atoms with Gasteiger partial charge in [0.25, 0.3) is 0 Å². The number of ether oxygens (including phenoxy) is 1. The molecule has 0 fully saturated rings. The molecule has 3 aromatic rings. The van der Waals surface area contributed by atoms with Crippen LogP contribution in [0.1, 0.15) is 50.2 Å². The van der Waals surface area contributed by atoms with Crippen LogP contribution in [-0.2, 0) is 0 Å². The average molecular weight is 400 g/mol. The van der Waals surface area contributed by atoms with Crippen molar-refractivity contribution in [1.29, 1.82) is 5.26 Å². The van der Waals surface area contributed by atoms with Gasteiger partial charge in [-0.1, -0.05) is 69.0 Å². The third-order valence-electron chi connectivity index (χ3n) is 5.26. The van der Waals surface area contributed by atoms with E-state index in [0.717, 1.165) is 46.7 Å². The number of nitrogen functional groups attached to an aromatic ring is 1. The van der Waals surface area contributed by atoms with Gasteiger partial charge in [-0.15, -0.1) is 0 Å². The standard InChI is InChI=1S/C26H29N3O/c1-3-4-5-6-9-16-30-21-14-12-20(13-15-21)23-17-25(29-26(28)24(23)18-27)22-11-8-7-10-19(22)2/h7-8,10-15,17H,3-6,9,16H2,1-2H3,(H2,28,29). The van der Waals surface area contributed by atoms with Gasteiger partial charge in [0, 0.05) is 11.1 Å². The number of hydrogen-bond acceptors (Lipinski definition) is 4. The molecule has 3 rings (SSSR count). The van der Waals surface area contributed by atoms with Crippen LogP contribution < -0.4 is 10.5 Å². The Morgan fingerprint density at radius 3 is 2.40 bits per heavy atom. The van der Waals surface area contributed by atoms with Gasteiger partial charge in [0.2, 0.25) is 0 Å². The van der Waals surface area contributed by atoms with Crippen molar-refractivity contribution in [3.8, 4) is 34.2 Å². The smallest absolute Gasteiger partial charge is 0.142 e. The number of anilines is 1. The lowest BCUT2D eigenvalue weighted by Crippen LogP contribution is -2.00. The highest BCUT2D eigenvalue weighted by molar-refractivity contribution is 5.80. The average Bonchev–Trinajstić information content (AvgIpc) is 2.76. The van der Waals surface area contributed by atoms with E-state index in [0.29, 0.717) is 5.56 Å². The minimum Gasteiger partial charge on any atom is -0.494 e. The first-order valence-electron chi connectivity index (χ1n) is 10.6. The molecule has 0 saturated carbocycles. The zero-order valence-corrected chi connectivity index (χ0v) is 17.8. The fraction of sp³-hybridized carbons (Fsp3) is 0.308. The number of aryl methyl sites for hydroxylation is 1. The number of nitrogens with zero attached hydrogens (tertiary/aromatic N) is 2. The molecule has 0 atom stereocenters. The summed E-state index contributed by atoms with van der Waals surface area (Å²) in [4.78, 5) is 4.48. The van der Waals surface area contributed by atoms with Gasteiger partial charge >= 0.3 is 0 Å². The van der Waals surface area contributed by atoms with Crippen LogP contribution in [0.5, 0.6) is 5.75 Å². The van der Waals surface area contributed by atoms with Crippen molar-refractivity contribution in [3.63, 3.8) is 0 Å². The highest BCUT2D eigenvalue weighted by Gasteiger charge is 2.14. The van der Waals surface area contributed by atoms with Crippen molar-refractivity contribution in [3.05, 3.63) is 65.7 Å². The number of unbranched alkanes of at least 4 members (excludes halogenated alkanes) is 4. The lowest BCUT2D eigenvalue weighted by molar-refractivity contribution is 0.304. The van der Waals surface area contributed by atoms with E-state index < -0.39 is 0 Å². The maximum atomic E-state index is 9.64. The summed E-state index contributed by atoms with van der Waals surface area (Å²) in [5.41, 5.74) is 11.1. The minimum absolute atomic E-state index is 0.251. The third kappa shape index (κ3) is 5.18. The van der Waals surface area contributed by atoms with Crippen LogP contribution >= 0.6 is 0 Å². The largest absolute Gasteiger partial charge is 0.494 e. The van der Waals surface area contributed by atoms with Crippen molar-refractivity contribution in [2.24, 2.45) is 0 Å². The number of aromatic nitrogens is 1. The van der Waals surface area contributed by atoms with Gasteiger partial charge in [-0.3, -0.25) is 0 Å². The quantitative estimate of drug-likeness (QED) is 0.415. The Bertz CT molecular complexity index is 1020. The molecule has 154 valence electrons. The molecule has 0 saturated heterocycles. The Balaban J connectivity index is 1.81. The van der Waals surface area contributed by atoms with Crippen LogP contribution in [0.4, 0.5) is 5.82 Å². The summed E-state index contributed by atoms with van der Waals surface area (Å²) in [6.45, 7) is 4.99. The lowest BCUT2D eigenvalue weighted by Gasteiger charge is -2.12. The number of nitrogens with two attached hydrogens (primary N) is 1. The summed E-state index contributed by atoms with van der Waals surface area (Å²) in [5, 5.41) is 9.64. The van der Waals surface area contributed by atoms with E-state index in [-0.39, 0.29) is 5.82 Å². The Morgan fingerprint density at radius 1 is 0.967 bits per heavy atom. The van der Waals surface area contributed by atoms with Gasteiger partial charge in [0.05, 0.1) is 12.3 Å². The van der Waals surface area contributed by atoms with E-state index in [4.69, 9.17) is 10.5 Å². The van der Waals surface area contributed by atoms with Crippen molar-refractivity contribution < 1.29 is 4.74 Å². The minimum atomic E-state index is 0.251. The number of hydrogen-bond donors (Lipinski definition) is 1. The first kappa shape index (κ1) is 21.4. The summed E-state index contributed by atoms with van der Waals surface area (Å²) >= 11 is 0. The first-order chi connectivity index (χ1) is 14.6. The summed E-state index contributed by atoms with van der Waals surface area (Å²) in [5.74, 6) is 1.09. The monoisotopic (exact) mass is 399 g/mol. The fourth-order valence-electron chi connectivity index (χ4n) is 3.53. The van der Waals surface area contributed by atoms with Gasteiger partial charge < -0.3 is 10.5 Å². The summed E-state index contributed by atoms with van der Waals surface area (Å²) in [6, 6.07) is 20.0. The SMILES string of the molecule is CCCCCCCOc1ccc(-c2cc(-c3ccccc3C)nc(N)c2C#N)cc1. The van der Waals surface area contributed by atoms with E-state index in [1.54, 1.807) is 0 Å². The van der Waals surface area contributed by atoms with E-state index in [2.05, 4.69) is 18.0 Å². The van der Waals surface area contributed by atoms with Crippen LogP contribution in [0.2, 0.25) is 0 Å². The van der Waals surface area contributed by atoms with Crippen LogP contribution in [0, 0.1) is 18.3 Å². The second-order valence-corrected chi connectivity index (χ2v) is 7.53. The van der Waals surface area contributed by atoms with Gasteiger partial charge in [0.1, 0.15) is 23.2 Å². The molecule has 4 heteroatoms. The molecule has 0 radical (unpaired) electrons. The normalized spacial score (nSPS) is 10.6. The highest BCUT2D eigenvalue weighted by atomic mass is 16.5. The first-order valence-corrected chi connectivity index (χ1v) is 10.6. The summed E-state index contributed by atoms with van der Waals surface area (Å²) < 4.78 is 5.86. The van der Waals surface area contributed by atoms with Gasteiger partial charge in [0.15, 0.2) is 0 Å². The Kier molecular flexibility index (Phi) is 7.45. The summed E-state index contributed by atoms with van der Waals surface area (Å²) in [7, 11) is 0. The molecule has 1 heterocycles. The third-order valence-corrected chi connectivity index (χ3v) is 5.26. The maximum absolute atomic E-state index is 9.64. The van der Waals surface area contributed by atoms with E-state index in [1.165, 1.54) is 25.7 Å². The molecule has 0 aliphatic carbocycles. The number of rotatable bonds is 9. The van der Waals surface area contributed by atoms with E-state index in [9.17, 15) is 5.26 Å². The Labute approximate surface area is 179 Å². The molecule has 0 bridgehead atoms. The molecule has 1 aromatic heterocycles. The summed E-state index contributed by atoms with van der Waals surface area (Å²) in [6.07, 6.45) is 6.08. The van der Waals surface area contributed by atoms with Gasteiger partial charge in [-0.25, -0.2) is 4.98 Å². The fourth-order valence-corrected chi connectivity index (χ4v) is 3.53. The predicted octanol–water partition coefficient (Wildman–Crippen LogP) is 6.53. The molecule has 30 heavy (non-hydrogen) atoms. The van der Waals surface area contributed by atoms with Crippen LogP contribution in [0.15, 0.2) is 54.6 Å². The van der Waals surface area contributed by atoms with E-state index >= 15 is 0 Å². The number of benzene rings is 2. The van der Waals surface area contributed by atoms with Crippen LogP contribution in [0.25, 0.3) is 22.4 Å². The molecular formula is C26H29N3O. The van der Waals surface area contributed by atoms with Crippen molar-refractivity contribution in [1.82, 2.24) is 4.98 Å². The molecule has 2 N–H and O–H groups in total. The molecule has 2 aromatic carbocycles.